The Balaban J connectivity index is 1.01. The van der Waals surface area contributed by atoms with Gasteiger partial charge in [-0.25, -0.2) is 0 Å². The quantitative estimate of drug-likeness (QED) is 0.214. The van der Waals surface area contributed by atoms with Gasteiger partial charge in [-0.05, 0) is 134 Å². The summed E-state index contributed by atoms with van der Waals surface area (Å²) >= 11 is 0. The Morgan fingerprint density at radius 2 is 0.810 bits per heavy atom. The van der Waals surface area contributed by atoms with Crippen LogP contribution < -0.4 is 15.5 Å². The number of benzene rings is 7. The fraction of sp³-hybridized carbons (Fsp3) is 0.0769. The van der Waals surface area contributed by atoms with Gasteiger partial charge in [-0.2, -0.15) is 0 Å². The first-order chi connectivity index (χ1) is 20.8. The van der Waals surface area contributed by atoms with Crippen LogP contribution in [0.15, 0.2) is 115 Å². The maximum absolute atomic E-state index is 3.58. The first-order valence-electron chi connectivity index (χ1n) is 14.8. The first-order valence-corrected chi connectivity index (χ1v) is 14.8. The molecule has 42 heavy (non-hydrogen) atoms. The molecule has 3 heteroatoms. The van der Waals surface area contributed by atoms with Crippen molar-refractivity contribution in [2.45, 2.75) is 19.4 Å². The smallest absolute Gasteiger partial charge is 0.0500 e. The monoisotopic (exact) mass is 537 g/mol. The molecule has 0 unspecified atom stereocenters. The Morgan fingerprint density at radius 1 is 0.381 bits per heavy atom. The highest BCUT2D eigenvalue weighted by Crippen LogP contribution is 2.54. The van der Waals surface area contributed by atoms with Crippen LogP contribution >= 0.6 is 0 Å². The summed E-state index contributed by atoms with van der Waals surface area (Å²) in [6.45, 7) is 0.890. The summed E-state index contributed by atoms with van der Waals surface area (Å²) in [6, 6.07) is 41.9. The number of nitrogens with one attached hydrogen (secondary N) is 2. The average Bonchev–Trinajstić information content (AvgIpc) is 3.61. The van der Waals surface area contributed by atoms with Gasteiger partial charge in [-0.3, -0.25) is 0 Å². The van der Waals surface area contributed by atoms with Gasteiger partial charge in [0.25, 0.3) is 0 Å². The van der Waals surface area contributed by atoms with Gasteiger partial charge in [0, 0.05) is 46.1 Å². The van der Waals surface area contributed by atoms with Crippen LogP contribution in [-0.2, 0) is 19.4 Å². The zero-order chi connectivity index (χ0) is 27.4. The van der Waals surface area contributed by atoms with E-state index in [4.69, 9.17) is 0 Å². The summed E-state index contributed by atoms with van der Waals surface area (Å²) in [5, 5.41) is 16.1. The average molecular weight is 538 g/mol. The van der Waals surface area contributed by atoms with Crippen molar-refractivity contribution in [2.75, 3.05) is 15.5 Å². The van der Waals surface area contributed by atoms with Gasteiger partial charge in [-0.15, -0.1) is 0 Å². The van der Waals surface area contributed by atoms with Gasteiger partial charge in [0.2, 0.25) is 0 Å². The minimum absolute atomic E-state index is 0.890. The highest BCUT2D eigenvalue weighted by Gasteiger charge is 2.32. The van der Waals surface area contributed by atoms with Crippen molar-refractivity contribution < 1.29 is 0 Å². The molecule has 1 aliphatic heterocycles. The molecule has 0 saturated carbocycles. The molecule has 0 spiro atoms. The maximum atomic E-state index is 3.58. The van der Waals surface area contributed by atoms with Crippen molar-refractivity contribution in [2.24, 2.45) is 0 Å². The predicted molar refractivity (Wildman–Crippen MR) is 176 cm³/mol. The van der Waals surface area contributed by atoms with E-state index in [1.165, 1.54) is 71.5 Å². The highest BCUT2D eigenvalue weighted by molar-refractivity contribution is 6.34. The van der Waals surface area contributed by atoms with E-state index >= 15 is 0 Å². The standard InChI is InChI=1S/C39H27N3/c1-2-4-28(5-3-1)40-29-11-13-30(14-12-29)41-31-15-17-32(18-16-31)42-22-27-9-8-25-20-23-6-7-24-21-26-10-19-33(42)39-37(26)35(24)34(23)36(25)38(27)39/h1-19,40-41H,20-22H2. The molecule has 10 rings (SSSR count). The molecule has 7 aromatic rings. The van der Waals surface area contributed by atoms with Gasteiger partial charge < -0.3 is 15.5 Å². The van der Waals surface area contributed by atoms with Gasteiger partial charge in [0.1, 0.15) is 0 Å². The van der Waals surface area contributed by atoms with E-state index in [2.05, 4.69) is 113 Å². The molecule has 0 fully saturated rings. The SMILES string of the molecule is c1ccc(Nc2ccc(Nc3ccc(N4Cc5ccc6c7c8c(ccc9c8c8c(ccc4c8c57)C9)C6)cc3)cc2)cc1. The van der Waals surface area contributed by atoms with E-state index in [-0.39, 0.29) is 0 Å². The molecule has 2 aliphatic carbocycles. The lowest BCUT2D eigenvalue weighted by molar-refractivity contribution is 0.981. The molecule has 0 radical (unpaired) electrons. The Morgan fingerprint density at radius 3 is 1.38 bits per heavy atom. The number of para-hydroxylation sites is 1. The Kier molecular flexibility index (Phi) is 4.35. The summed E-state index contributed by atoms with van der Waals surface area (Å²) in [5.41, 5.74) is 14.3. The van der Waals surface area contributed by atoms with E-state index in [1.54, 1.807) is 0 Å². The van der Waals surface area contributed by atoms with Crippen molar-refractivity contribution >= 4 is 66.4 Å². The second-order valence-electron chi connectivity index (χ2n) is 11.9. The maximum Gasteiger partial charge on any atom is 0.0500 e. The topological polar surface area (TPSA) is 27.3 Å². The molecule has 7 aromatic carbocycles. The van der Waals surface area contributed by atoms with Crippen molar-refractivity contribution in [3.63, 3.8) is 0 Å². The molecule has 0 aromatic heterocycles. The predicted octanol–water partition coefficient (Wildman–Crippen LogP) is 10.1. The molecule has 0 bridgehead atoms. The molecule has 0 atom stereocenters. The van der Waals surface area contributed by atoms with Crippen LogP contribution in [0.4, 0.5) is 34.1 Å². The lowest BCUT2D eigenvalue weighted by atomic mass is 9.88. The molecule has 2 N–H and O–H groups in total. The minimum Gasteiger partial charge on any atom is -0.356 e. The van der Waals surface area contributed by atoms with Crippen LogP contribution in [0.25, 0.3) is 32.3 Å². The van der Waals surface area contributed by atoms with Crippen LogP contribution in [-0.4, -0.2) is 0 Å². The highest BCUT2D eigenvalue weighted by atomic mass is 15.1. The fourth-order valence-corrected chi connectivity index (χ4v) is 7.75. The van der Waals surface area contributed by atoms with Gasteiger partial charge >= 0.3 is 0 Å². The summed E-state index contributed by atoms with van der Waals surface area (Å²) in [7, 11) is 0. The van der Waals surface area contributed by atoms with E-state index in [0.717, 1.165) is 42.1 Å². The molecule has 3 nitrogen and oxygen atoms in total. The molecule has 3 aliphatic rings. The van der Waals surface area contributed by atoms with Crippen LogP contribution in [0.5, 0.6) is 0 Å². The Bertz CT molecular complexity index is 2250. The second kappa shape index (κ2) is 8.14. The number of rotatable bonds is 5. The Labute approximate surface area is 244 Å². The van der Waals surface area contributed by atoms with Crippen molar-refractivity contribution in [3.8, 4) is 0 Å². The third-order valence-corrected chi connectivity index (χ3v) is 9.57. The van der Waals surface area contributed by atoms with Crippen LogP contribution in [0, 0.1) is 0 Å². The van der Waals surface area contributed by atoms with E-state index in [0.29, 0.717) is 0 Å². The van der Waals surface area contributed by atoms with E-state index in [1.807, 2.05) is 18.2 Å². The number of hydrogen-bond acceptors (Lipinski definition) is 3. The zero-order valence-electron chi connectivity index (χ0n) is 23.0. The van der Waals surface area contributed by atoms with Gasteiger partial charge in [-0.1, -0.05) is 48.5 Å². The summed E-state index contributed by atoms with van der Waals surface area (Å²) in [5.74, 6) is 0. The Hall–Kier alpha value is -5.28. The number of nitrogens with zero attached hydrogens (tertiary/aromatic N) is 1. The molecular weight excluding hydrogens is 510 g/mol. The lowest BCUT2D eigenvalue weighted by Gasteiger charge is -2.32. The van der Waals surface area contributed by atoms with Crippen molar-refractivity contribution in [1.82, 2.24) is 0 Å². The van der Waals surface area contributed by atoms with E-state index in [9.17, 15) is 0 Å². The summed E-state index contributed by atoms with van der Waals surface area (Å²) in [4.78, 5) is 2.51. The summed E-state index contributed by atoms with van der Waals surface area (Å²) in [6.07, 6.45) is 2.11. The van der Waals surface area contributed by atoms with Crippen LogP contribution in [0.3, 0.4) is 0 Å². The number of hydrogen-bond donors (Lipinski definition) is 2. The third kappa shape index (κ3) is 3.05. The largest absolute Gasteiger partial charge is 0.356 e. The second-order valence-corrected chi connectivity index (χ2v) is 11.9. The van der Waals surface area contributed by atoms with Crippen LogP contribution in [0.1, 0.15) is 27.8 Å². The molecule has 198 valence electrons. The normalized spacial score (nSPS) is 13.9. The lowest BCUT2D eigenvalue weighted by Crippen LogP contribution is -2.20. The molecule has 0 saturated heterocycles. The third-order valence-electron chi connectivity index (χ3n) is 9.57. The van der Waals surface area contributed by atoms with Crippen molar-refractivity contribution in [3.05, 3.63) is 143 Å². The molecular formula is C39H27N3. The zero-order valence-corrected chi connectivity index (χ0v) is 23.0. The molecule has 0 amide bonds. The minimum atomic E-state index is 0.890. The van der Waals surface area contributed by atoms with Crippen LogP contribution in [0.2, 0.25) is 0 Å². The van der Waals surface area contributed by atoms with E-state index < -0.39 is 0 Å². The van der Waals surface area contributed by atoms with Gasteiger partial charge in [0.15, 0.2) is 0 Å². The fourth-order valence-electron chi connectivity index (χ4n) is 7.75. The van der Waals surface area contributed by atoms with Gasteiger partial charge in [0.05, 0.1) is 0 Å². The number of anilines is 6. The van der Waals surface area contributed by atoms with Crippen molar-refractivity contribution in [1.29, 1.82) is 0 Å². The first kappa shape index (κ1) is 22.4. The molecule has 1 heterocycles. The summed E-state index contributed by atoms with van der Waals surface area (Å²) < 4.78 is 0.